The Hall–Kier alpha value is -0.479. The molecule has 0 radical (unpaired) electrons. The van der Waals surface area contributed by atoms with Crippen molar-refractivity contribution in [2.24, 2.45) is 0 Å². The summed E-state index contributed by atoms with van der Waals surface area (Å²) in [5.41, 5.74) is 0.620. The molecule has 0 rings (SSSR count). The Morgan fingerprint density at radius 2 is 1.55 bits per heavy atom. The molecular weight excluding hydrogens is 328 g/mol. The zero-order valence-electron chi connectivity index (χ0n) is 15.4. The fraction of sp³-hybridized carbons (Fsp3) is 0.667. The Morgan fingerprint density at radius 1 is 1.09 bits per heavy atom. The van der Waals surface area contributed by atoms with Crippen LogP contribution in [0.15, 0.2) is 23.6 Å². The molecule has 0 heterocycles. The SMILES string of the molecule is C=COC(=O)/C(C)=C(\CCC)[SiH](O[Si](C)(C)C)O[Si](C)(C)C. The Labute approximate surface area is 139 Å². The maximum Gasteiger partial charge on any atom is 0.338 e. The van der Waals surface area contributed by atoms with E-state index in [-0.39, 0.29) is 5.97 Å². The average molecular weight is 361 g/mol. The van der Waals surface area contributed by atoms with Crippen LogP contribution in [-0.2, 0) is 17.8 Å². The molecule has 0 N–H and O–H groups in total. The summed E-state index contributed by atoms with van der Waals surface area (Å²) >= 11 is 0. The van der Waals surface area contributed by atoms with Gasteiger partial charge in [0.15, 0.2) is 16.6 Å². The van der Waals surface area contributed by atoms with Crippen molar-refractivity contribution < 1.29 is 17.8 Å². The van der Waals surface area contributed by atoms with E-state index in [1.807, 2.05) is 0 Å². The highest BCUT2D eigenvalue weighted by Crippen LogP contribution is 2.23. The van der Waals surface area contributed by atoms with Gasteiger partial charge in [0.2, 0.25) is 0 Å². The van der Waals surface area contributed by atoms with Crippen molar-refractivity contribution in [2.45, 2.75) is 66.0 Å². The second-order valence-corrected chi connectivity index (χ2v) is 19.0. The first-order chi connectivity index (χ1) is 9.91. The van der Waals surface area contributed by atoms with Crippen LogP contribution in [0.3, 0.4) is 0 Å². The van der Waals surface area contributed by atoms with Crippen molar-refractivity contribution in [3.63, 3.8) is 0 Å². The van der Waals surface area contributed by atoms with E-state index in [0.29, 0.717) is 5.57 Å². The molecule has 0 saturated carbocycles. The van der Waals surface area contributed by atoms with Crippen molar-refractivity contribution in [2.75, 3.05) is 0 Å². The molecule has 0 saturated heterocycles. The monoisotopic (exact) mass is 360 g/mol. The van der Waals surface area contributed by atoms with Gasteiger partial charge in [0.1, 0.15) is 0 Å². The van der Waals surface area contributed by atoms with Crippen LogP contribution in [0.1, 0.15) is 26.7 Å². The molecule has 0 spiro atoms. The molecule has 4 nitrogen and oxygen atoms in total. The van der Waals surface area contributed by atoms with Crippen LogP contribution in [0.2, 0.25) is 39.3 Å². The summed E-state index contributed by atoms with van der Waals surface area (Å²) in [5, 5.41) is 1.03. The summed E-state index contributed by atoms with van der Waals surface area (Å²) in [6.07, 6.45) is 2.93. The first-order valence-electron chi connectivity index (χ1n) is 7.78. The molecule has 0 aliphatic rings. The smallest absolute Gasteiger partial charge is 0.338 e. The van der Waals surface area contributed by atoms with Gasteiger partial charge in [0, 0.05) is 5.57 Å². The summed E-state index contributed by atoms with van der Waals surface area (Å²) in [6, 6.07) is 0. The van der Waals surface area contributed by atoms with Gasteiger partial charge < -0.3 is 13.0 Å². The topological polar surface area (TPSA) is 44.8 Å². The lowest BCUT2D eigenvalue weighted by atomic mass is 10.2. The fourth-order valence-electron chi connectivity index (χ4n) is 1.86. The summed E-state index contributed by atoms with van der Waals surface area (Å²) in [5.74, 6) is -0.352. The molecule has 0 aromatic heterocycles. The Morgan fingerprint density at radius 3 is 1.86 bits per heavy atom. The van der Waals surface area contributed by atoms with Gasteiger partial charge in [0.05, 0.1) is 6.26 Å². The lowest BCUT2D eigenvalue weighted by molar-refractivity contribution is -0.133. The van der Waals surface area contributed by atoms with E-state index >= 15 is 0 Å². The third-order valence-electron chi connectivity index (χ3n) is 2.70. The van der Waals surface area contributed by atoms with Crippen LogP contribution >= 0.6 is 0 Å². The van der Waals surface area contributed by atoms with Crippen LogP contribution < -0.4 is 0 Å². The van der Waals surface area contributed by atoms with Gasteiger partial charge in [-0.15, -0.1) is 0 Å². The minimum absolute atomic E-state index is 0.352. The summed E-state index contributed by atoms with van der Waals surface area (Å²) in [6.45, 7) is 20.3. The highest BCUT2D eigenvalue weighted by atomic mass is 28.4. The van der Waals surface area contributed by atoms with Gasteiger partial charge in [0.25, 0.3) is 0 Å². The molecule has 0 aliphatic heterocycles. The molecule has 0 aromatic carbocycles. The zero-order valence-corrected chi connectivity index (χ0v) is 18.6. The second-order valence-electron chi connectivity index (χ2n) is 7.26. The summed E-state index contributed by atoms with van der Waals surface area (Å²) < 4.78 is 17.7. The third-order valence-corrected chi connectivity index (χ3v) is 11.4. The van der Waals surface area contributed by atoms with E-state index in [0.717, 1.165) is 18.0 Å². The fourth-order valence-corrected chi connectivity index (χ4v) is 9.75. The maximum atomic E-state index is 12.1. The van der Waals surface area contributed by atoms with Gasteiger partial charge >= 0.3 is 15.3 Å². The Kier molecular flexibility index (Phi) is 8.78. The van der Waals surface area contributed by atoms with E-state index < -0.39 is 25.9 Å². The number of rotatable bonds is 9. The third kappa shape index (κ3) is 8.84. The number of hydrogen-bond donors (Lipinski definition) is 0. The molecule has 0 unspecified atom stereocenters. The highest BCUT2D eigenvalue weighted by Gasteiger charge is 2.33. The molecule has 0 aliphatic carbocycles. The van der Waals surface area contributed by atoms with Crippen LogP contribution in [0, 0.1) is 0 Å². The van der Waals surface area contributed by atoms with Crippen LogP contribution in [0.5, 0.6) is 0 Å². The van der Waals surface area contributed by atoms with Crippen molar-refractivity contribution >= 4 is 31.9 Å². The number of carbonyl (C=O) groups excluding carboxylic acids is 1. The van der Waals surface area contributed by atoms with E-state index in [4.69, 9.17) is 13.0 Å². The van der Waals surface area contributed by atoms with Crippen LogP contribution in [0.4, 0.5) is 0 Å². The number of carbonyl (C=O) groups is 1. The first-order valence-corrected chi connectivity index (χ1v) is 16.1. The first kappa shape index (κ1) is 21.5. The van der Waals surface area contributed by atoms with Crippen molar-refractivity contribution in [1.82, 2.24) is 0 Å². The van der Waals surface area contributed by atoms with Crippen molar-refractivity contribution in [1.29, 1.82) is 0 Å². The predicted molar refractivity (Wildman–Crippen MR) is 99.9 cm³/mol. The molecular formula is C15H32O4Si3. The number of hydrogen-bond acceptors (Lipinski definition) is 4. The normalized spacial score (nSPS) is 13.9. The van der Waals surface area contributed by atoms with Gasteiger partial charge in [-0.2, -0.15) is 0 Å². The average Bonchev–Trinajstić information content (AvgIpc) is 2.31. The molecule has 0 amide bonds. The minimum atomic E-state index is -2.09. The van der Waals surface area contributed by atoms with Crippen molar-refractivity contribution in [3.05, 3.63) is 23.6 Å². The van der Waals surface area contributed by atoms with E-state index in [1.165, 1.54) is 6.26 Å². The quantitative estimate of drug-likeness (QED) is 0.267. The molecule has 128 valence electrons. The Bertz CT molecular complexity index is 403. The minimum Gasteiger partial charge on any atom is -0.436 e. The van der Waals surface area contributed by atoms with E-state index in [2.05, 4.69) is 52.8 Å². The number of ether oxygens (including phenoxy) is 1. The summed E-state index contributed by atoms with van der Waals surface area (Å²) in [4.78, 5) is 12.1. The van der Waals surface area contributed by atoms with Crippen molar-refractivity contribution in [3.8, 4) is 0 Å². The van der Waals surface area contributed by atoms with Gasteiger partial charge in [-0.05, 0) is 57.8 Å². The molecule has 0 bridgehead atoms. The molecule has 0 aromatic rings. The van der Waals surface area contributed by atoms with Gasteiger partial charge in [-0.25, -0.2) is 4.79 Å². The lowest BCUT2D eigenvalue weighted by Crippen LogP contribution is -2.45. The highest BCUT2D eigenvalue weighted by molar-refractivity contribution is 6.83. The molecule has 22 heavy (non-hydrogen) atoms. The van der Waals surface area contributed by atoms with Gasteiger partial charge in [-0.1, -0.05) is 19.9 Å². The standard InChI is InChI=1S/C15H32O4Si3/c1-10-12-14(13(3)15(16)17-11-2)20(18-21(4,5)6)19-22(7,8)9/h11,20H,2,10,12H2,1,3-9H3/b14-13+. The predicted octanol–water partition coefficient (Wildman–Crippen LogP) is 4.25. The van der Waals surface area contributed by atoms with Crippen LogP contribution in [0.25, 0.3) is 0 Å². The number of esters is 1. The molecule has 7 heteroatoms. The van der Waals surface area contributed by atoms with E-state index in [9.17, 15) is 4.79 Å². The largest absolute Gasteiger partial charge is 0.436 e. The van der Waals surface area contributed by atoms with E-state index in [1.54, 1.807) is 6.92 Å². The summed E-state index contributed by atoms with van der Waals surface area (Å²) in [7, 11) is -5.60. The molecule has 0 atom stereocenters. The van der Waals surface area contributed by atoms with Gasteiger partial charge in [-0.3, -0.25) is 0 Å². The maximum absolute atomic E-state index is 12.1. The Balaban J connectivity index is 5.69. The second kappa shape index (κ2) is 8.97. The molecule has 0 fully saturated rings. The number of allylic oxidation sites excluding steroid dienone is 1. The van der Waals surface area contributed by atoms with Crippen LogP contribution in [-0.4, -0.2) is 31.9 Å². The lowest BCUT2D eigenvalue weighted by Gasteiger charge is -2.32. The zero-order chi connectivity index (χ0) is 17.6.